The molecule has 1 heterocycles. The lowest BCUT2D eigenvalue weighted by Crippen LogP contribution is -2.04. The molecule has 1 atom stereocenters. The van der Waals surface area contributed by atoms with E-state index in [4.69, 9.17) is 5.73 Å². The van der Waals surface area contributed by atoms with Crippen LogP contribution in [0.15, 0.2) is 42.7 Å². The molecule has 0 saturated heterocycles. The van der Waals surface area contributed by atoms with E-state index in [1.165, 1.54) is 5.56 Å². The first kappa shape index (κ1) is 11.9. The summed E-state index contributed by atoms with van der Waals surface area (Å²) in [5.41, 5.74) is 8.28. The Morgan fingerprint density at radius 1 is 1.29 bits per heavy atom. The van der Waals surface area contributed by atoms with Crippen LogP contribution in [0.1, 0.15) is 30.5 Å². The molecule has 1 aromatic carbocycles. The summed E-state index contributed by atoms with van der Waals surface area (Å²) in [6, 6.07) is 10.6. The highest BCUT2D eigenvalue weighted by molar-refractivity contribution is 5.14. The maximum Gasteiger partial charge on any atom is 0.0537 e. The Labute approximate surface area is 102 Å². The third-order valence-corrected chi connectivity index (χ3v) is 2.87. The molecule has 0 aliphatic carbocycles. The summed E-state index contributed by atoms with van der Waals surface area (Å²) in [5.74, 6) is 0. The number of aromatic nitrogens is 2. The average Bonchev–Trinajstić information content (AvgIpc) is 2.79. The van der Waals surface area contributed by atoms with Crippen LogP contribution in [-0.2, 0) is 13.0 Å². The van der Waals surface area contributed by atoms with E-state index in [-0.39, 0.29) is 6.04 Å². The smallest absolute Gasteiger partial charge is 0.0537 e. The number of aryl methyl sites for hydroxylation is 2. The number of benzene rings is 1. The van der Waals surface area contributed by atoms with Gasteiger partial charge < -0.3 is 5.73 Å². The van der Waals surface area contributed by atoms with Gasteiger partial charge in [-0.1, -0.05) is 30.3 Å². The first-order valence-electron chi connectivity index (χ1n) is 6.07. The van der Waals surface area contributed by atoms with E-state index in [2.05, 4.69) is 29.4 Å². The van der Waals surface area contributed by atoms with Crippen molar-refractivity contribution >= 4 is 0 Å². The maximum atomic E-state index is 5.79. The third kappa shape index (κ3) is 3.43. The lowest BCUT2D eigenvalue weighted by atomic mass is 10.1. The average molecular weight is 229 g/mol. The standard InChI is InChI=1S/C14H19N3/c1-12(15)14-10-16-17(11-14)9-5-8-13-6-3-2-4-7-13/h2-4,6-7,10-12H,5,8-9,15H2,1H3. The van der Waals surface area contributed by atoms with Crippen molar-refractivity contribution in [3.8, 4) is 0 Å². The van der Waals surface area contributed by atoms with Gasteiger partial charge in [-0.05, 0) is 25.3 Å². The van der Waals surface area contributed by atoms with Gasteiger partial charge in [0.1, 0.15) is 0 Å². The summed E-state index contributed by atoms with van der Waals surface area (Å²) in [5, 5.41) is 4.31. The number of hydrogen-bond donors (Lipinski definition) is 1. The molecule has 1 unspecified atom stereocenters. The fraction of sp³-hybridized carbons (Fsp3) is 0.357. The summed E-state index contributed by atoms with van der Waals surface area (Å²) in [6.45, 7) is 2.92. The summed E-state index contributed by atoms with van der Waals surface area (Å²) >= 11 is 0. The van der Waals surface area contributed by atoms with Crippen LogP contribution in [0.5, 0.6) is 0 Å². The molecule has 0 spiro atoms. The van der Waals surface area contributed by atoms with Gasteiger partial charge in [0, 0.05) is 24.3 Å². The molecular formula is C14H19N3. The number of nitrogens with zero attached hydrogens (tertiary/aromatic N) is 2. The molecule has 0 aliphatic rings. The summed E-state index contributed by atoms with van der Waals surface area (Å²) in [6.07, 6.45) is 6.08. The van der Waals surface area contributed by atoms with Crippen molar-refractivity contribution in [2.24, 2.45) is 5.73 Å². The molecule has 3 heteroatoms. The second-order valence-electron chi connectivity index (χ2n) is 4.41. The summed E-state index contributed by atoms with van der Waals surface area (Å²) < 4.78 is 1.97. The summed E-state index contributed by atoms with van der Waals surface area (Å²) in [4.78, 5) is 0. The van der Waals surface area contributed by atoms with E-state index < -0.39 is 0 Å². The van der Waals surface area contributed by atoms with Crippen molar-refractivity contribution in [2.75, 3.05) is 0 Å². The van der Waals surface area contributed by atoms with Crippen molar-refractivity contribution in [1.29, 1.82) is 0 Å². The normalized spacial score (nSPS) is 12.6. The molecule has 2 rings (SSSR count). The minimum Gasteiger partial charge on any atom is -0.324 e. The zero-order valence-electron chi connectivity index (χ0n) is 10.2. The van der Waals surface area contributed by atoms with Gasteiger partial charge >= 0.3 is 0 Å². The zero-order chi connectivity index (χ0) is 12.1. The topological polar surface area (TPSA) is 43.8 Å². The Bertz CT molecular complexity index is 446. The molecule has 2 N–H and O–H groups in total. The first-order valence-corrected chi connectivity index (χ1v) is 6.07. The number of nitrogens with two attached hydrogens (primary N) is 1. The molecule has 0 aliphatic heterocycles. The van der Waals surface area contributed by atoms with E-state index in [9.17, 15) is 0 Å². The molecular weight excluding hydrogens is 210 g/mol. The molecule has 0 fully saturated rings. The Balaban J connectivity index is 1.82. The Morgan fingerprint density at radius 2 is 2.06 bits per heavy atom. The lowest BCUT2D eigenvalue weighted by Gasteiger charge is -2.02. The molecule has 17 heavy (non-hydrogen) atoms. The number of rotatable bonds is 5. The van der Waals surface area contributed by atoms with Crippen molar-refractivity contribution in [1.82, 2.24) is 9.78 Å². The van der Waals surface area contributed by atoms with Gasteiger partial charge in [-0.2, -0.15) is 5.10 Å². The largest absolute Gasteiger partial charge is 0.324 e. The van der Waals surface area contributed by atoms with E-state index in [1.807, 2.05) is 30.1 Å². The Hall–Kier alpha value is -1.61. The van der Waals surface area contributed by atoms with Crippen LogP contribution in [0, 0.1) is 0 Å². The zero-order valence-corrected chi connectivity index (χ0v) is 10.2. The van der Waals surface area contributed by atoms with Crippen molar-refractivity contribution < 1.29 is 0 Å². The van der Waals surface area contributed by atoms with E-state index in [0.29, 0.717) is 0 Å². The van der Waals surface area contributed by atoms with Crippen LogP contribution in [0.2, 0.25) is 0 Å². The van der Waals surface area contributed by atoms with Gasteiger partial charge in [0.15, 0.2) is 0 Å². The molecule has 1 aromatic heterocycles. The fourth-order valence-electron chi connectivity index (χ4n) is 1.83. The number of hydrogen-bond acceptors (Lipinski definition) is 2. The second-order valence-corrected chi connectivity index (χ2v) is 4.41. The predicted octanol–water partition coefficient (Wildman–Crippen LogP) is 2.54. The van der Waals surface area contributed by atoms with Gasteiger partial charge in [0.25, 0.3) is 0 Å². The predicted molar refractivity (Wildman–Crippen MR) is 69.6 cm³/mol. The minimum absolute atomic E-state index is 0.0675. The maximum absolute atomic E-state index is 5.79. The molecule has 2 aromatic rings. The minimum atomic E-state index is 0.0675. The van der Waals surface area contributed by atoms with Gasteiger partial charge in [-0.3, -0.25) is 4.68 Å². The lowest BCUT2D eigenvalue weighted by molar-refractivity contribution is 0.578. The van der Waals surface area contributed by atoms with Gasteiger partial charge in [-0.25, -0.2) is 0 Å². The van der Waals surface area contributed by atoms with Crippen molar-refractivity contribution in [2.45, 2.75) is 32.4 Å². The van der Waals surface area contributed by atoms with Crippen molar-refractivity contribution in [3.05, 3.63) is 53.9 Å². The van der Waals surface area contributed by atoms with Crippen LogP contribution in [0.3, 0.4) is 0 Å². The molecule has 90 valence electrons. The first-order chi connectivity index (χ1) is 8.25. The third-order valence-electron chi connectivity index (χ3n) is 2.87. The van der Waals surface area contributed by atoms with Gasteiger partial charge in [0.2, 0.25) is 0 Å². The monoisotopic (exact) mass is 229 g/mol. The quantitative estimate of drug-likeness (QED) is 0.856. The molecule has 0 amide bonds. The molecule has 0 saturated carbocycles. The van der Waals surface area contributed by atoms with Gasteiger partial charge in [0.05, 0.1) is 6.20 Å². The van der Waals surface area contributed by atoms with Crippen LogP contribution >= 0.6 is 0 Å². The second kappa shape index (κ2) is 5.64. The molecule has 0 radical (unpaired) electrons. The van der Waals surface area contributed by atoms with Crippen LogP contribution in [0.4, 0.5) is 0 Å². The fourth-order valence-corrected chi connectivity index (χ4v) is 1.83. The molecule has 3 nitrogen and oxygen atoms in total. The SMILES string of the molecule is CC(N)c1cnn(CCCc2ccccc2)c1. The van der Waals surface area contributed by atoms with E-state index in [0.717, 1.165) is 24.9 Å². The van der Waals surface area contributed by atoms with Crippen LogP contribution in [0.25, 0.3) is 0 Å². The highest BCUT2D eigenvalue weighted by atomic mass is 15.3. The van der Waals surface area contributed by atoms with Crippen LogP contribution < -0.4 is 5.73 Å². The Morgan fingerprint density at radius 3 is 2.71 bits per heavy atom. The molecule has 0 bridgehead atoms. The highest BCUT2D eigenvalue weighted by Crippen LogP contribution is 2.08. The highest BCUT2D eigenvalue weighted by Gasteiger charge is 2.02. The summed E-state index contributed by atoms with van der Waals surface area (Å²) in [7, 11) is 0. The van der Waals surface area contributed by atoms with E-state index >= 15 is 0 Å². The van der Waals surface area contributed by atoms with Gasteiger partial charge in [-0.15, -0.1) is 0 Å². The van der Waals surface area contributed by atoms with Crippen molar-refractivity contribution in [3.63, 3.8) is 0 Å². The van der Waals surface area contributed by atoms with Crippen LogP contribution in [-0.4, -0.2) is 9.78 Å². The Kier molecular flexibility index (Phi) is 3.94. The van der Waals surface area contributed by atoms with E-state index in [1.54, 1.807) is 0 Å².